The summed E-state index contributed by atoms with van der Waals surface area (Å²) in [5.74, 6) is 0.460. The number of pyridine rings is 1. The Labute approximate surface area is 112 Å². The van der Waals surface area contributed by atoms with E-state index in [2.05, 4.69) is 10.3 Å². The summed E-state index contributed by atoms with van der Waals surface area (Å²) in [7, 11) is 1.56. The third kappa shape index (κ3) is 2.85. The third-order valence-electron chi connectivity index (χ3n) is 3.50. The summed E-state index contributed by atoms with van der Waals surface area (Å²) in [6.45, 7) is 3.03. The number of carbonyl (C=O) groups excluding carboxylic acids is 1. The van der Waals surface area contributed by atoms with Crippen LogP contribution in [0, 0.1) is 5.41 Å². The first-order valence-corrected chi connectivity index (χ1v) is 6.17. The number of rotatable bonds is 4. The standard InChI is InChI=1S/C13H19N3O3/c1-13(8-19-7-10(13)14)12(17)16-6-9-3-4-11(18-2)15-5-9/h3-5,10H,6-8,14H2,1-2H3,(H,16,17). The smallest absolute Gasteiger partial charge is 0.230 e. The minimum atomic E-state index is -0.653. The number of methoxy groups -OCH3 is 1. The van der Waals surface area contributed by atoms with Gasteiger partial charge in [0.25, 0.3) is 0 Å². The van der Waals surface area contributed by atoms with Gasteiger partial charge in [-0.15, -0.1) is 0 Å². The lowest BCUT2D eigenvalue weighted by Crippen LogP contribution is -2.49. The number of nitrogens with two attached hydrogens (primary N) is 1. The van der Waals surface area contributed by atoms with Gasteiger partial charge in [-0.2, -0.15) is 0 Å². The van der Waals surface area contributed by atoms with Gasteiger partial charge in [0.1, 0.15) is 0 Å². The van der Waals surface area contributed by atoms with E-state index in [0.717, 1.165) is 5.56 Å². The molecule has 2 unspecified atom stereocenters. The van der Waals surface area contributed by atoms with Gasteiger partial charge in [0, 0.05) is 24.8 Å². The quantitative estimate of drug-likeness (QED) is 0.804. The summed E-state index contributed by atoms with van der Waals surface area (Å²) >= 11 is 0. The Morgan fingerprint density at radius 3 is 3.00 bits per heavy atom. The Morgan fingerprint density at radius 1 is 1.68 bits per heavy atom. The minimum absolute atomic E-state index is 0.0895. The van der Waals surface area contributed by atoms with Gasteiger partial charge in [0.15, 0.2) is 0 Å². The summed E-state index contributed by atoms with van der Waals surface area (Å²) in [5, 5.41) is 2.87. The third-order valence-corrected chi connectivity index (χ3v) is 3.50. The van der Waals surface area contributed by atoms with E-state index in [4.69, 9.17) is 15.2 Å². The normalized spacial score (nSPS) is 26.2. The molecule has 0 radical (unpaired) electrons. The summed E-state index contributed by atoms with van der Waals surface area (Å²) in [5.41, 5.74) is 6.16. The minimum Gasteiger partial charge on any atom is -0.481 e. The average molecular weight is 265 g/mol. The monoisotopic (exact) mass is 265 g/mol. The van der Waals surface area contributed by atoms with E-state index < -0.39 is 5.41 Å². The first kappa shape index (κ1) is 13.8. The van der Waals surface area contributed by atoms with Crippen LogP contribution in [0.5, 0.6) is 5.88 Å². The molecule has 1 aromatic rings. The molecule has 1 amide bonds. The fraction of sp³-hybridized carbons (Fsp3) is 0.538. The van der Waals surface area contributed by atoms with Gasteiger partial charge < -0.3 is 20.5 Å². The van der Waals surface area contributed by atoms with Crippen LogP contribution in [0.3, 0.4) is 0 Å². The van der Waals surface area contributed by atoms with Crippen LogP contribution in [0.1, 0.15) is 12.5 Å². The SMILES string of the molecule is COc1ccc(CNC(=O)C2(C)COCC2N)cn1. The second-order valence-corrected chi connectivity index (χ2v) is 4.93. The van der Waals surface area contributed by atoms with E-state index in [-0.39, 0.29) is 11.9 Å². The molecule has 0 bridgehead atoms. The maximum absolute atomic E-state index is 12.2. The van der Waals surface area contributed by atoms with Crippen molar-refractivity contribution in [2.24, 2.45) is 11.1 Å². The van der Waals surface area contributed by atoms with E-state index in [1.54, 1.807) is 19.4 Å². The molecule has 1 saturated heterocycles. The van der Waals surface area contributed by atoms with Gasteiger partial charge >= 0.3 is 0 Å². The lowest BCUT2D eigenvalue weighted by Gasteiger charge is -2.25. The predicted molar refractivity (Wildman–Crippen MR) is 69.5 cm³/mol. The van der Waals surface area contributed by atoms with E-state index in [9.17, 15) is 4.79 Å². The molecule has 1 fully saturated rings. The molecule has 0 spiro atoms. The van der Waals surface area contributed by atoms with E-state index in [0.29, 0.717) is 25.6 Å². The number of carbonyl (C=O) groups is 1. The number of hydrogen-bond acceptors (Lipinski definition) is 5. The van der Waals surface area contributed by atoms with Crippen LogP contribution in [0.15, 0.2) is 18.3 Å². The largest absolute Gasteiger partial charge is 0.481 e. The van der Waals surface area contributed by atoms with Gasteiger partial charge in [-0.05, 0) is 12.5 Å². The fourth-order valence-electron chi connectivity index (χ4n) is 1.94. The molecule has 104 valence electrons. The van der Waals surface area contributed by atoms with Crippen LogP contribution in [0.25, 0.3) is 0 Å². The number of amides is 1. The fourth-order valence-corrected chi connectivity index (χ4v) is 1.94. The van der Waals surface area contributed by atoms with Crippen molar-refractivity contribution in [1.82, 2.24) is 10.3 Å². The molecule has 6 heteroatoms. The van der Waals surface area contributed by atoms with Gasteiger partial charge in [-0.3, -0.25) is 4.79 Å². The molecule has 2 heterocycles. The van der Waals surface area contributed by atoms with E-state index in [1.807, 2.05) is 13.0 Å². The molecular formula is C13H19N3O3. The molecule has 1 aromatic heterocycles. The number of aromatic nitrogens is 1. The number of hydrogen-bond donors (Lipinski definition) is 2. The first-order chi connectivity index (χ1) is 9.06. The van der Waals surface area contributed by atoms with E-state index in [1.165, 1.54) is 0 Å². The highest BCUT2D eigenvalue weighted by Crippen LogP contribution is 2.27. The molecule has 1 aliphatic heterocycles. The van der Waals surface area contributed by atoms with Crippen molar-refractivity contribution in [3.63, 3.8) is 0 Å². The van der Waals surface area contributed by atoms with E-state index >= 15 is 0 Å². The molecule has 2 rings (SSSR count). The lowest BCUT2D eigenvalue weighted by molar-refractivity contribution is -0.130. The lowest BCUT2D eigenvalue weighted by atomic mass is 9.85. The Hall–Kier alpha value is -1.66. The molecule has 3 N–H and O–H groups in total. The summed E-state index contributed by atoms with van der Waals surface area (Å²) in [6.07, 6.45) is 1.67. The van der Waals surface area contributed by atoms with Crippen molar-refractivity contribution >= 4 is 5.91 Å². The number of nitrogens with one attached hydrogen (secondary N) is 1. The molecule has 0 aliphatic carbocycles. The highest BCUT2D eigenvalue weighted by atomic mass is 16.5. The molecule has 0 aromatic carbocycles. The maximum Gasteiger partial charge on any atom is 0.230 e. The Bertz CT molecular complexity index is 449. The highest BCUT2D eigenvalue weighted by molar-refractivity contribution is 5.83. The van der Waals surface area contributed by atoms with Gasteiger partial charge in [0.2, 0.25) is 11.8 Å². The molecule has 1 aliphatic rings. The molecule has 0 saturated carbocycles. The summed E-state index contributed by atoms with van der Waals surface area (Å²) in [4.78, 5) is 16.2. The number of nitrogens with zero attached hydrogens (tertiary/aromatic N) is 1. The van der Waals surface area contributed by atoms with Crippen molar-refractivity contribution in [1.29, 1.82) is 0 Å². The Balaban J connectivity index is 1.92. The Kier molecular flexibility index (Phi) is 4.01. The Morgan fingerprint density at radius 2 is 2.47 bits per heavy atom. The van der Waals surface area contributed by atoms with Crippen LogP contribution in [-0.4, -0.2) is 37.3 Å². The van der Waals surface area contributed by atoms with Crippen molar-refractivity contribution < 1.29 is 14.3 Å². The first-order valence-electron chi connectivity index (χ1n) is 6.17. The van der Waals surface area contributed by atoms with Crippen LogP contribution in [0.4, 0.5) is 0 Å². The topological polar surface area (TPSA) is 86.5 Å². The molecule has 19 heavy (non-hydrogen) atoms. The summed E-state index contributed by atoms with van der Waals surface area (Å²) in [6, 6.07) is 3.36. The average Bonchev–Trinajstić information content (AvgIpc) is 2.78. The van der Waals surface area contributed by atoms with Crippen molar-refractivity contribution in [2.45, 2.75) is 19.5 Å². The second kappa shape index (κ2) is 5.54. The van der Waals surface area contributed by atoms with Crippen LogP contribution in [0.2, 0.25) is 0 Å². The van der Waals surface area contributed by atoms with Crippen LogP contribution in [-0.2, 0) is 16.1 Å². The zero-order valence-electron chi connectivity index (χ0n) is 11.2. The van der Waals surface area contributed by atoms with Gasteiger partial charge in [-0.1, -0.05) is 6.07 Å². The molecule has 6 nitrogen and oxygen atoms in total. The van der Waals surface area contributed by atoms with Gasteiger partial charge in [0.05, 0.1) is 25.7 Å². The molecule has 2 atom stereocenters. The maximum atomic E-state index is 12.2. The van der Waals surface area contributed by atoms with Gasteiger partial charge in [-0.25, -0.2) is 4.98 Å². The predicted octanol–water partition coefficient (Wildman–Crippen LogP) is 0.0702. The van der Waals surface area contributed by atoms with Crippen LogP contribution < -0.4 is 15.8 Å². The highest BCUT2D eigenvalue weighted by Gasteiger charge is 2.44. The zero-order valence-corrected chi connectivity index (χ0v) is 11.2. The second-order valence-electron chi connectivity index (χ2n) is 4.93. The number of ether oxygens (including phenoxy) is 2. The van der Waals surface area contributed by atoms with Crippen molar-refractivity contribution in [3.05, 3.63) is 23.9 Å². The van der Waals surface area contributed by atoms with Crippen molar-refractivity contribution in [3.8, 4) is 5.88 Å². The summed E-state index contributed by atoms with van der Waals surface area (Å²) < 4.78 is 10.2. The zero-order chi connectivity index (χ0) is 13.9. The molecular weight excluding hydrogens is 246 g/mol. The van der Waals surface area contributed by atoms with Crippen LogP contribution >= 0.6 is 0 Å². The van der Waals surface area contributed by atoms with Crippen molar-refractivity contribution in [2.75, 3.05) is 20.3 Å².